The first kappa shape index (κ1) is 17.4. The summed E-state index contributed by atoms with van der Waals surface area (Å²) in [6.07, 6.45) is 7.00. The Balaban J connectivity index is 1.51. The van der Waals surface area contributed by atoms with Gasteiger partial charge >= 0.3 is 11.7 Å². The topological polar surface area (TPSA) is 149 Å². The Morgan fingerprint density at radius 1 is 1.23 bits per heavy atom. The molecule has 31 heavy (non-hydrogen) atoms. The number of fused-ring (bicyclic) bond motifs is 2. The average molecular weight is 416 g/mol. The van der Waals surface area contributed by atoms with Crippen molar-refractivity contribution in [3.8, 4) is 17.6 Å². The predicted molar refractivity (Wildman–Crippen MR) is 110 cm³/mol. The van der Waals surface area contributed by atoms with Gasteiger partial charge in [0, 0.05) is 22.3 Å². The molecule has 0 radical (unpaired) electrons. The summed E-state index contributed by atoms with van der Waals surface area (Å²) in [6.45, 7) is 0. The highest BCUT2D eigenvalue weighted by Gasteiger charge is 2.21. The maximum atomic E-state index is 11.4. The quantitative estimate of drug-likeness (QED) is 0.339. The number of rotatable bonds is 4. The van der Waals surface area contributed by atoms with Crippen LogP contribution in [0.15, 0.2) is 46.4 Å². The van der Waals surface area contributed by atoms with Crippen molar-refractivity contribution in [1.29, 1.82) is 0 Å². The lowest BCUT2D eigenvalue weighted by molar-refractivity contribution is 0.436. The molecule has 6 rings (SSSR count). The summed E-state index contributed by atoms with van der Waals surface area (Å²) >= 11 is 0. The zero-order chi connectivity index (χ0) is 20.9. The fraction of sp³-hybridized carbons (Fsp3) is 0.150. The fourth-order valence-electron chi connectivity index (χ4n) is 3.31. The number of nitrogens with one attached hydrogen (secondary N) is 3. The van der Waals surface area contributed by atoms with E-state index in [-0.39, 0.29) is 23.6 Å². The molecule has 11 heteroatoms. The van der Waals surface area contributed by atoms with Gasteiger partial charge in [0.15, 0.2) is 5.65 Å². The average Bonchev–Trinajstić information content (AvgIpc) is 3.14. The van der Waals surface area contributed by atoms with Crippen molar-refractivity contribution in [2.75, 3.05) is 0 Å². The minimum absolute atomic E-state index is 0.128. The van der Waals surface area contributed by atoms with Gasteiger partial charge in [-0.3, -0.25) is 4.98 Å². The molecule has 1 aliphatic carbocycles. The van der Waals surface area contributed by atoms with E-state index in [9.17, 15) is 9.90 Å². The first-order valence-corrected chi connectivity index (χ1v) is 9.70. The van der Waals surface area contributed by atoms with E-state index in [2.05, 4.69) is 35.0 Å². The lowest BCUT2D eigenvalue weighted by atomic mass is 10.2. The highest BCUT2D eigenvalue weighted by Crippen LogP contribution is 2.24. The molecule has 0 spiro atoms. The van der Waals surface area contributed by atoms with Crippen molar-refractivity contribution in [1.82, 2.24) is 34.5 Å². The molecule has 0 saturated heterocycles. The van der Waals surface area contributed by atoms with Crippen molar-refractivity contribution in [2.24, 2.45) is 4.99 Å². The minimum Gasteiger partial charge on any atom is -0.493 e. The summed E-state index contributed by atoms with van der Waals surface area (Å²) in [4.78, 5) is 33.0. The third-order valence-corrected chi connectivity index (χ3v) is 4.97. The van der Waals surface area contributed by atoms with Crippen LogP contribution in [0, 0.1) is 0 Å². The largest absolute Gasteiger partial charge is 0.493 e. The van der Waals surface area contributed by atoms with E-state index in [1.54, 1.807) is 12.3 Å². The zero-order valence-corrected chi connectivity index (χ0v) is 16.0. The molecule has 11 nitrogen and oxygen atoms in total. The van der Waals surface area contributed by atoms with E-state index in [1.807, 2.05) is 30.5 Å². The lowest BCUT2D eigenvalue weighted by Crippen LogP contribution is -2.23. The van der Waals surface area contributed by atoms with E-state index in [0.717, 1.165) is 23.7 Å². The number of aromatic amines is 3. The summed E-state index contributed by atoms with van der Waals surface area (Å²) in [7, 11) is 0. The predicted octanol–water partition coefficient (Wildman–Crippen LogP) is 0.731. The van der Waals surface area contributed by atoms with Crippen LogP contribution in [0.1, 0.15) is 18.5 Å². The van der Waals surface area contributed by atoms with Gasteiger partial charge in [-0.15, -0.1) is 0 Å². The van der Waals surface area contributed by atoms with Crippen LogP contribution >= 0.6 is 0 Å². The number of H-pyrrole nitrogens is 3. The third kappa shape index (κ3) is 3.21. The van der Waals surface area contributed by atoms with Crippen LogP contribution in [-0.2, 0) is 0 Å². The molecule has 0 aliphatic heterocycles. The Hall–Kier alpha value is -4.41. The van der Waals surface area contributed by atoms with Crippen molar-refractivity contribution >= 4 is 22.6 Å². The Labute approximate surface area is 172 Å². The standard InChI is InChI=1S/C20H16N8O3/c29-17-15(24-19(30)26-17)8-11-9-22-28-16(11)25-20(27-18(28)23-12-1-2-12)31-13-3-4-14-10(7-13)5-6-21-14/h3-9,12,21,29H,1-2H2,(H2,24,26,30)/b11-8+,23-18?. The van der Waals surface area contributed by atoms with Gasteiger partial charge in [-0.05, 0) is 43.2 Å². The normalized spacial score (nSPS) is 15.4. The second-order valence-corrected chi connectivity index (χ2v) is 7.32. The molecule has 4 aromatic heterocycles. The Morgan fingerprint density at radius 2 is 2.13 bits per heavy atom. The summed E-state index contributed by atoms with van der Waals surface area (Å²) in [5.41, 5.74) is 1.54. The molecule has 4 heterocycles. The van der Waals surface area contributed by atoms with Gasteiger partial charge in [-0.2, -0.15) is 19.6 Å². The van der Waals surface area contributed by atoms with E-state index in [4.69, 9.17) is 4.74 Å². The van der Waals surface area contributed by atoms with Crippen LogP contribution in [0.25, 0.3) is 22.6 Å². The van der Waals surface area contributed by atoms with Crippen LogP contribution in [0.2, 0.25) is 0 Å². The Bertz CT molecular complexity index is 1620. The smallest absolute Gasteiger partial charge is 0.327 e. The van der Waals surface area contributed by atoms with Gasteiger partial charge in [0.1, 0.15) is 11.4 Å². The lowest BCUT2D eigenvalue weighted by Gasteiger charge is -2.04. The van der Waals surface area contributed by atoms with Gasteiger partial charge in [0.25, 0.3) is 5.62 Å². The van der Waals surface area contributed by atoms with Crippen LogP contribution in [0.3, 0.4) is 0 Å². The maximum Gasteiger partial charge on any atom is 0.327 e. The van der Waals surface area contributed by atoms with Gasteiger partial charge in [-0.25, -0.2) is 9.79 Å². The molecule has 5 aromatic rings. The number of aromatic hydroxyl groups is 1. The molecule has 4 N–H and O–H groups in total. The molecule has 0 atom stereocenters. The molecule has 1 saturated carbocycles. The van der Waals surface area contributed by atoms with Gasteiger partial charge in [-0.1, -0.05) is 0 Å². The molecular formula is C20H16N8O3. The number of nitrogens with zero attached hydrogens (tertiary/aromatic N) is 5. The van der Waals surface area contributed by atoms with Crippen molar-refractivity contribution in [3.05, 3.63) is 63.7 Å². The molecule has 1 aromatic carbocycles. The number of aromatic nitrogens is 7. The van der Waals surface area contributed by atoms with Gasteiger partial charge < -0.3 is 19.8 Å². The molecule has 0 amide bonds. The van der Waals surface area contributed by atoms with E-state index >= 15 is 0 Å². The fourth-order valence-corrected chi connectivity index (χ4v) is 3.31. The molecule has 0 unspecified atom stereocenters. The molecular weight excluding hydrogens is 400 g/mol. The monoisotopic (exact) mass is 416 g/mol. The number of hydrogen-bond acceptors (Lipinski definition) is 7. The van der Waals surface area contributed by atoms with Crippen LogP contribution < -0.4 is 21.3 Å². The van der Waals surface area contributed by atoms with Crippen molar-refractivity contribution < 1.29 is 9.84 Å². The number of hydrogen-bond donors (Lipinski definition) is 4. The maximum absolute atomic E-state index is 11.4. The van der Waals surface area contributed by atoms with Crippen LogP contribution in [0.5, 0.6) is 17.6 Å². The summed E-state index contributed by atoms with van der Waals surface area (Å²) in [5, 5.41) is 15.8. The molecule has 154 valence electrons. The minimum atomic E-state index is -0.511. The second kappa shape index (κ2) is 6.55. The van der Waals surface area contributed by atoms with Crippen molar-refractivity contribution in [3.63, 3.8) is 0 Å². The second-order valence-electron chi connectivity index (χ2n) is 7.32. The van der Waals surface area contributed by atoms with Crippen LogP contribution in [-0.4, -0.2) is 45.7 Å². The van der Waals surface area contributed by atoms with Crippen LogP contribution in [0.4, 0.5) is 0 Å². The van der Waals surface area contributed by atoms with Gasteiger partial charge in [0.2, 0.25) is 5.88 Å². The summed E-state index contributed by atoms with van der Waals surface area (Å²) in [5.74, 6) is 0.323. The van der Waals surface area contributed by atoms with E-state index in [1.165, 1.54) is 4.52 Å². The molecule has 1 aliphatic rings. The number of benzene rings is 1. The zero-order valence-electron chi connectivity index (χ0n) is 16.0. The SMILES string of the molecule is O=c1[nH]c(O)c(/C=c2\cnn3c(=NC4CC4)nc(Oc4ccc5[nH]ccc5c4)nc23)[nH]1. The highest BCUT2D eigenvalue weighted by molar-refractivity contribution is 5.80. The number of ether oxygens (including phenoxy) is 1. The first-order chi connectivity index (χ1) is 15.1. The van der Waals surface area contributed by atoms with Crippen molar-refractivity contribution in [2.45, 2.75) is 18.9 Å². The molecule has 0 bridgehead atoms. The van der Waals surface area contributed by atoms with E-state index in [0.29, 0.717) is 22.2 Å². The Morgan fingerprint density at radius 3 is 2.94 bits per heavy atom. The molecule has 1 fully saturated rings. The Kier molecular flexibility index (Phi) is 3.69. The summed E-state index contributed by atoms with van der Waals surface area (Å²) < 4.78 is 7.47. The third-order valence-electron chi connectivity index (χ3n) is 4.97. The highest BCUT2D eigenvalue weighted by atomic mass is 16.5. The summed E-state index contributed by atoms with van der Waals surface area (Å²) in [6, 6.07) is 7.93. The number of imidazole rings is 1. The van der Waals surface area contributed by atoms with Gasteiger partial charge in [0.05, 0.1) is 12.2 Å². The first-order valence-electron chi connectivity index (χ1n) is 9.70. The van der Waals surface area contributed by atoms with E-state index < -0.39 is 5.69 Å².